The molecule has 0 aromatic heterocycles. The number of nitrogen functional groups attached to an aromatic ring is 1. The SMILES string of the molecule is N#CCN(Cc1ccccc1)C(=O)c1cc(N)ccc1Br. The lowest BCUT2D eigenvalue weighted by molar-refractivity contribution is 0.0764. The van der Waals surface area contributed by atoms with Crippen LogP contribution in [0.4, 0.5) is 5.69 Å². The van der Waals surface area contributed by atoms with Gasteiger partial charge in [-0.1, -0.05) is 30.3 Å². The van der Waals surface area contributed by atoms with Crippen LogP contribution in [0.5, 0.6) is 0 Å². The summed E-state index contributed by atoms with van der Waals surface area (Å²) in [7, 11) is 0. The van der Waals surface area contributed by atoms with Gasteiger partial charge in [-0.15, -0.1) is 0 Å². The Morgan fingerprint density at radius 2 is 1.95 bits per heavy atom. The van der Waals surface area contributed by atoms with Gasteiger partial charge in [-0.3, -0.25) is 4.79 Å². The fraction of sp³-hybridized carbons (Fsp3) is 0.125. The Hall–Kier alpha value is -2.32. The monoisotopic (exact) mass is 343 g/mol. The van der Waals surface area contributed by atoms with Crippen molar-refractivity contribution in [1.29, 1.82) is 5.26 Å². The Morgan fingerprint density at radius 3 is 2.62 bits per heavy atom. The number of carbonyl (C=O) groups is 1. The number of carbonyl (C=O) groups excluding carboxylic acids is 1. The number of amides is 1. The first-order chi connectivity index (χ1) is 10.1. The Bertz CT molecular complexity index is 680. The van der Waals surface area contributed by atoms with Gasteiger partial charge in [-0.05, 0) is 39.7 Å². The molecule has 5 heteroatoms. The van der Waals surface area contributed by atoms with E-state index in [9.17, 15) is 4.79 Å². The van der Waals surface area contributed by atoms with E-state index in [1.165, 1.54) is 4.90 Å². The lowest BCUT2D eigenvalue weighted by Crippen LogP contribution is -2.31. The predicted octanol–water partition coefficient (Wildman–Crippen LogP) is 3.20. The second kappa shape index (κ2) is 6.91. The van der Waals surface area contributed by atoms with Crippen molar-refractivity contribution in [3.8, 4) is 6.07 Å². The minimum absolute atomic E-state index is 0.0228. The fourth-order valence-electron chi connectivity index (χ4n) is 1.97. The first kappa shape index (κ1) is 15.1. The van der Waals surface area contributed by atoms with Crippen LogP contribution in [0.1, 0.15) is 15.9 Å². The van der Waals surface area contributed by atoms with Crippen LogP contribution in [0.2, 0.25) is 0 Å². The number of hydrogen-bond donors (Lipinski definition) is 1. The van der Waals surface area contributed by atoms with Gasteiger partial charge in [0.25, 0.3) is 5.91 Å². The minimum atomic E-state index is -0.223. The molecule has 0 saturated carbocycles. The Balaban J connectivity index is 2.27. The van der Waals surface area contributed by atoms with Gasteiger partial charge < -0.3 is 10.6 Å². The number of benzene rings is 2. The van der Waals surface area contributed by atoms with Crippen molar-refractivity contribution in [1.82, 2.24) is 4.90 Å². The molecule has 0 unspecified atom stereocenters. The van der Waals surface area contributed by atoms with E-state index in [1.54, 1.807) is 18.2 Å². The average Bonchev–Trinajstić information content (AvgIpc) is 2.49. The van der Waals surface area contributed by atoms with Gasteiger partial charge in [-0.2, -0.15) is 5.26 Å². The Morgan fingerprint density at radius 1 is 1.24 bits per heavy atom. The fourth-order valence-corrected chi connectivity index (χ4v) is 2.38. The highest BCUT2D eigenvalue weighted by molar-refractivity contribution is 9.10. The second-order valence-corrected chi connectivity index (χ2v) is 5.40. The molecule has 0 bridgehead atoms. The number of nitrogens with two attached hydrogens (primary N) is 1. The highest BCUT2D eigenvalue weighted by Gasteiger charge is 2.18. The van der Waals surface area contributed by atoms with Gasteiger partial charge in [0.15, 0.2) is 0 Å². The normalized spacial score (nSPS) is 9.90. The maximum atomic E-state index is 12.6. The number of anilines is 1. The first-order valence-corrected chi connectivity index (χ1v) is 7.16. The lowest BCUT2D eigenvalue weighted by atomic mass is 10.1. The van der Waals surface area contributed by atoms with E-state index in [0.717, 1.165) is 5.56 Å². The molecule has 0 aliphatic rings. The standard InChI is InChI=1S/C16H14BrN3O/c17-15-7-6-13(19)10-14(15)16(21)20(9-8-18)11-12-4-2-1-3-5-12/h1-7,10H,9,11,19H2. The summed E-state index contributed by atoms with van der Waals surface area (Å²) in [5, 5.41) is 8.95. The first-order valence-electron chi connectivity index (χ1n) is 6.37. The summed E-state index contributed by atoms with van der Waals surface area (Å²) in [6.07, 6.45) is 0. The van der Waals surface area contributed by atoms with Gasteiger partial charge in [0.1, 0.15) is 6.54 Å². The van der Waals surface area contributed by atoms with E-state index < -0.39 is 0 Å². The van der Waals surface area contributed by atoms with E-state index in [2.05, 4.69) is 15.9 Å². The maximum Gasteiger partial charge on any atom is 0.256 e. The molecule has 4 nitrogen and oxygen atoms in total. The topological polar surface area (TPSA) is 70.1 Å². The summed E-state index contributed by atoms with van der Waals surface area (Å²) in [6, 6.07) is 16.7. The molecular formula is C16H14BrN3O. The highest BCUT2D eigenvalue weighted by atomic mass is 79.9. The Labute approximate surface area is 131 Å². The zero-order valence-corrected chi connectivity index (χ0v) is 12.9. The molecule has 0 heterocycles. The van der Waals surface area contributed by atoms with Crippen LogP contribution in [0.15, 0.2) is 53.0 Å². The molecule has 0 aliphatic carbocycles. The van der Waals surface area contributed by atoms with Gasteiger partial charge in [0, 0.05) is 16.7 Å². The van der Waals surface area contributed by atoms with Crippen molar-refractivity contribution in [3.63, 3.8) is 0 Å². The summed E-state index contributed by atoms with van der Waals surface area (Å²) in [6.45, 7) is 0.406. The molecule has 0 fully saturated rings. The zero-order valence-electron chi connectivity index (χ0n) is 11.3. The molecule has 1 amide bonds. The molecule has 2 aromatic rings. The highest BCUT2D eigenvalue weighted by Crippen LogP contribution is 2.22. The molecule has 0 aliphatic heterocycles. The quantitative estimate of drug-likeness (QED) is 0.684. The van der Waals surface area contributed by atoms with Crippen LogP contribution < -0.4 is 5.73 Å². The zero-order chi connectivity index (χ0) is 15.2. The maximum absolute atomic E-state index is 12.6. The average molecular weight is 344 g/mol. The van der Waals surface area contributed by atoms with Crippen molar-refractivity contribution in [2.75, 3.05) is 12.3 Å². The molecule has 0 atom stereocenters. The minimum Gasteiger partial charge on any atom is -0.399 e. The van der Waals surface area contributed by atoms with Crippen LogP contribution in [0, 0.1) is 11.3 Å². The number of halogens is 1. The van der Waals surface area contributed by atoms with Crippen molar-refractivity contribution in [2.24, 2.45) is 0 Å². The van der Waals surface area contributed by atoms with Gasteiger partial charge in [0.2, 0.25) is 0 Å². The third kappa shape index (κ3) is 3.83. The van der Waals surface area contributed by atoms with E-state index in [4.69, 9.17) is 11.0 Å². The molecule has 2 rings (SSSR count). The van der Waals surface area contributed by atoms with Crippen LogP contribution in [-0.4, -0.2) is 17.4 Å². The van der Waals surface area contributed by atoms with Crippen molar-refractivity contribution in [3.05, 3.63) is 64.1 Å². The molecule has 2 N–H and O–H groups in total. The third-order valence-corrected chi connectivity index (χ3v) is 3.68. The number of nitrogens with zero attached hydrogens (tertiary/aromatic N) is 2. The van der Waals surface area contributed by atoms with Crippen LogP contribution >= 0.6 is 15.9 Å². The van der Waals surface area contributed by atoms with E-state index in [0.29, 0.717) is 22.3 Å². The van der Waals surface area contributed by atoms with Crippen LogP contribution in [-0.2, 0) is 6.54 Å². The summed E-state index contributed by atoms with van der Waals surface area (Å²) in [4.78, 5) is 14.1. The van der Waals surface area contributed by atoms with Crippen LogP contribution in [0.3, 0.4) is 0 Å². The molecule has 0 radical (unpaired) electrons. The molecular weight excluding hydrogens is 330 g/mol. The number of nitriles is 1. The number of hydrogen-bond acceptors (Lipinski definition) is 3. The molecule has 2 aromatic carbocycles. The van der Waals surface area contributed by atoms with E-state index in [-0.39, 0.29) is 12.5 Å². The number of rotatable bonds is 4. The van der Waals surface area contributed by atoms with Crippen molar-refractivity contribution in [2.45, 2.75) is 6.54 Å². The molecule has 106 valence electrons. The van der Waals surface area contributed by atoms with E-state index in [1.807, 2.05) is 36.4 Å². The van der Waals surface area contributed by atoms with Crippen LogP contribution in [0.25, 0.3) is 0 Å². The summed E-state index contributed by atoms with van der Waals surface area (Å²) in [5.41, 5.74) is 7.68. The van der Waals surface area contributed by atoms with Gasteiger partial charge in [-0.25, -0.2) is 0 Å². The summed E-state index contributed by atoms with van der Waals surface area (Å²) < 4.78 is 0.665. The summed E-state index contributed by atoms with van der Waals surface area (Å²) in [5.74, 6) is -0.223. The molecule has 0 spiro atoms. The third-order valence-electron chi connectivity index (χ3n) is 2.99. The van der Waals surface area contributed by atoms with Crippen molar-refractivity contribution >= 4 is 27.5 Å². The molecule has 0 saturated heterocycles. The second-order valence-electron chi connectivity index (χ2n) is 4.54. The van der Waals surface area contributed by atoms with Gasteiger partial charge in [0.05, 0.1) is 11.6 Å². The lowest BCUT2D eigenvalue weighted by Gasteiger charge is -2.20. The Kier molecular flexibility index (Phi) is 4.96. The van der Waals surface area contributed by atoms with E-state index >= 15 is 0 Å². The summed E-state index contributed by atoms with van der Waals surface area (Å²) >= 11 is 3.35. The largest absolute Gasteiger partial charge is 0.399 e. The van der Waals surface area contributed by atoms with Gasteiger partial charge >= 0.3 is 0 Å². The smallest absolute Gasteiger partial charge is 0.256 e. The molecule has 21 heavy (non-hydrogen) atoms. The predicted molar refractivity (Wildman–Crippen MR) is 85.3 cm³/mol. The van der Waals surface area contributed by atoms with Crippen molar-refractivity contribution < 1.29 is 4.79 Å².